The van der Waals surface area contributed by atoms with Gasteiger partial charge in [-0.2, -0.15) is 0 Å². The van der Waals surface area contributed by atoms with Gasteiger partial charge in [-0.1, -0.05) is 0 Å². The van der Waals surface area contributed by atoms with Crippen LogP contribution in [0.1, 0.15) is 11.3 Å². The highest BCUT2D eigenvalue weighted by molar-refractivity contribution is 7.13. The van der Waals surface area contributed by atoms with Gasteiger partial charge in [-0.05, 0) is 30.7 Å². The molecular formula is C12H12FN3OS. The highest BCUT2D eigenvalue weighted by Crippen LogP contribution is 2.17. The third-order valence-electron chi connectivity index (χ3n) is 2.37. The average Bonchev–Trinajstić information content (AvgIpc) is 2.68. The molecule has 94 valence electrons. The van der Waals surface area contributed by atoms with Gasteiger partial charge in [0, 0.05) is 11.1 Å². The Morgan fingerprint density at radius 1 is 1.56 bits per heavy atom. The molecule has 1 heterocycles. The van der Waals surface area contributed by atoms with Crippen molar-refractivity contribution >= 4 is 28.1 Å². The topological polar surface area (TPSA) is 68.0 Å². The molecule has 0 saturated carbocycles. The second-order valence-electron chi connectivity index (χ2n) is 3.86. The number of aromatic nitrogens is 1. The lowest BCUT2D eigenvalue weighted by atomic mass is 10.2. The lowest BCUT2D eigenvalue weighted by molar-refractivity contribution is -0.115. The van der Waals surface area contributed by atoms with Crippen LogP contribution in [-0.4, -0.2) is 10.9 Å². The lowest BCUT2D eigenvalue weighted by Gasteiger charge is -2.07. The highest BCUT2D eigenvalue weighted by Gasteiger charge is 2.08. The number of nitrogens with two attached hydrogens (primary N) is 1. The van der Waals surface area contributed by atoms with Gasteiger partial charge in [0.1, 0.15) is 5.82 Å². The summed E-state index contributed by atoms with van der Waals surface area (Å²) in [5, 5.41) is 4.90. The molecule has 3 N–H and O–H groups in total. The Morgan fingerprint density at radius 2 is 2.33 bits per heavy atom. The number of thiazole rings is 1. The third kappa shape index (κ3) is 3.04. The van der Waals surface area contributed by atoms with E-state index in [2.05, 4.69) is 10.3 Å². The number of nitrogen functional groups attached to an aromatic ring is 1. The molecule has 0 atom stereocenters. The van der Waals surface area contributed by atoms with Gasteiger partial charge in [0.25, 0.3) is 0 Å². The van der Waals surface area contributed by atoms with Gasteiger partial charge in [-0.25, -0.2) is 9.37 Å². The number of halogens is 1. The minimum Gasteiger partial charge on any atom is -0.375 e. The highest BCUT2D eigenvalue weighted by atomic mass is 32.1. The molecule has 0 unspecified atom stereocenters. The fraction of sp³-hybridized carbons (Fsp3) is 0.167. The molecule has 0 aliphatic rings. The quantitative estimate of drug-likeness (QED) is 0.895. The number of benzene rings is 1. The van der Waals surface area contributed by atoms with Gasteiger partial charge >= 0.3 is 0 Å². The Kier molecular flexibility index (Phi) is 3.57. The zero-order valence-corrected chi connectivity index (χ0v) is 10.6. The number of aryl methyl sites for hydroxylation is 1. The van der Waals surface area contributed by atoms with Gasteiger partial charge in [0.2, 0.25) is 5.91 Å². The first-order valence-corrected chi connectivity index (χ1v) is 6.18. The maximum absolute atomic E-state index is 12.9. The van der Waals surface area contributed by atoms with Crippen molar-refractivity contribution in [2.45, 2.75) is 13.3 Å². The smallest absolute Gasteiger partial charge is 0.230 e. The van der Waals surface area contributed by atoms with Crippen LogP contribution in [-0.2, 0) is 11.2 Å². The van der Waals surface area contributed by atoms with Gasteiger partial charge in [0.15, 0.2) is 5.13 Å². The molecule has 0 radical (unpaired) electrons. The molecule has 18 heavy (non-hydrogen) atoms. The summed E-state index contributed by atoms with van der Waals surface area (Å²) >= 11 is 1.29. The normalized spacial score (nSPS) is 10.3. The standard InChI is InChI=1S/C12H12FN3OS/c1-7-4-8(13)2-3-10(7)16-11(17)5-9-6-18-12(14)15-9/h2-4,6H,5H2,1H3,(H2,14,15)(H,16,17). The maximum Gasteiger partial charge on any atom is 0.230 e. The lowest BCUT2D eigenvalue weighted by Crippen LogP contribution is -2.15. The van der Waals surface area contributed by atoms with E-state index in [-0.39, 0.29) is 18.1 Å². The molecule has 0 bridgehead atoms. The number of anilines is 2. The number of hydrogen-bond acceptors (Lipinski definition) is 4. The van der Waals surface area contributed by atoms with E-state index in [1.807, 2.05) is 0 Å². The first-order valence-electron chi connectivity index (χ1n) is 5.30. The second kappa shape index (κ2) is 5.14. The first-order chi connectivity index (χ1) is 8.54. The second-order valence-corrected chi connectivity index (χ2v) is 4.75. The molecule has 0 aliphatic heterocycles. The summed E-state index contributed by atoms with van der Waals surface area (Å²) in [4.78, 5) is 15.8. The van der Waals surface area contributed by atoms with Crippen molar-refractivity contribution in [2.24, 2.45) is 0 Å². The fourth-order valence-electron chi connectivity index (χ4n) is 1.53. The summed E-state index contributed by atoms with van der Waals surface area (Å²) in [6.45, 7) is 1.74. The number of nitrogens with zero attached hydrogens (tertiary/aromatic N) is 1. The molecule has 1 aromatic carbocycles. The first kappa shape index (κ1) is 12.5. The van der Waals surface area contributed by atoms with Crippen molar-refractivity contribution in [1.82, 2.24) is 4.98 Å². The molecule has 0 spiro atoms. The van der Waals surface area contributed by atoms with Crippen LogP contribution >= 0.6 is 11.3 Å². The van der Waals surface area contributed by atoms with Crippen LogP contribution in [0.5, 0.6) is 0 Å². The molecule has 2 aromatic rings. The molecule has 0 aliphatic carbocycles. The molecule has 2 rings (SSSR count). The third-order valence-corrected chi connectivity index (χ3v) is 3.10. The Balaban J connectivity index is 2.03. The number of carbonyl (C=O) groups is 1. The predicted molar refractivity (Wildman–Crippen MR) is 70.0 cm³/mol. The van der Waals surface area contributed by atoms with Crippen molar-refractivity contribution in [3.8, 4) is 0 Å². The van der Waals surface area contributed by atoms with Crippen molar-refractivity contribution in [3.05, 3.63) is 40.7 Å². The van der Waals surface area contributed by atoms with Gasteiger partial charge in [-0.3, -0.25) is 4.79 Å². The monoisotopic (exact) mass is 265 g/mol. The number of hydrogen-bond donors (Lipinski definition) is 2. The fourth-order valence-corrected chi connectivity index (χ4v) is 2.09. The van der Waals surface area contributed by atoms with Gasteiger partial charge in [-0.15, -0.1) is 11.3 Å². The van der Waals surface area contributed by atoms with Gasteiger partial charge < -0.3 is 11.1 Å². The van der Waals surface area contributed by atoms with E-state index in [1.54, 1.807) is 12.3 Å². The molecule has 6 heteroatoms. The summed E-state index contributed by atoms with van der Waals surface area (Å²) in [5.74, 6) is -0.521. The van der Waals surface area contributed by atoms with E-state index in [0.717, 1.165) is 0 Å². The Morgan fingerprint density at radius 3 is 2.94 bits per heavy atom. The van der Waals surface area contributed by atoms with Crippen LogP contribution in [0, 0.1) is 12.7 Å². The SMILES string of the molecule is Cc1cc(F)ccc1NC(=O)Cc1csc(N)n1. The van der Waals surface area contributed by atoms with Crippen molar-refractivity contribution in [1.29, 1.82) is 0 Å². The largest absolute Gasteiger partial charge is 0.375 e. The predicted octanol–water partition coefficient (Wildman–Crippen LogP) is 2.35. The summed E-state index contributed by atoms with van der Waals surface area (Å²) in [6.07, 6.45) is 0.157. The maximum atomic E-state index is 12.9. The Hall–Kier alpha value is -1.95. The van der Waals surface area contributed by atoms with Gasteiger partial charge in [0.05, 0.1) is 12.1 Å². The van der Waals surface area contributed by atoms with Crippen molar-refractivity contribution in [3.63, 3.8) is 0 Å². The molecule has 4 nitrogen and oxygen atoms in total. The van der Waals surface area contributed by atoms with Crippen LogP contribution in [0.3, 0.4) is 0 Å². The van der Waals surface area contributed by atoms with Crippen LogP contribution in [0.4, 0.5) is 15.2 Å². The zero-order chi connectivity index (χ0) is 13.1. The van der Waals surface area contributed by atoms with Crippen molar-refractivity contribution < 1.29 is 9.18 Å². The average molecular weight is 265 g/mol. The minimum atomic E-state index is -0.322. The van der Waals surface area contributed by atoms with Crippen LogP contribution in [0.25, 0.3) is 0 Å². The van der Waals surface area contributed by atoms with E-state index >= 15 is 0 Å². The van der Waals surface area contributed by atoms with E-state index in [0.29, 0.717) is 22.1 Å². The number of rotatable bonds is 3. The van der Waals surface area contributed by atoms with E-state index < -0.39 is 0 Å². The van der Waals surface area contributed by atoms with E-state index in [4.69, 9.17) is 5.73 Å². The Labute approximate surface area is 108 Å². The summed E-state index contributed by atoms with van der Waals surface area (Å²) in [6, 6.07) is 4.22. The number of amides is 1. The summed E-state index contributed by atoms with van der Waals surface area (Å²) in [5.41, 5.74) is 7.40. The van der Waals surface area contributed by atoms with E-state index in [1.165, 1.54) is 29.5 Å². The summed E-state index contributed by atoms with van der Waals surface area (Å²) in [7, 11) is 0. The van der Waals surface area contributed by atoms with Crippen LogP contribution in [0.2, 0.25) is 0 Å². The molecule has 1 amide bonds. The minimum absolute atomic E-state index is 0.157. The zero-order valence-electron chi connectivity index (χ0n) is 9.74. The van der Waals surface area contributed by atoms with Crippen molar-refractivity contribution in [2.75, 3.05) is 11.1 Å². The number of nitrogens with one attached hydrogen (secondary N) is 1. The van der Waals surface area contributed by atoms with E-state index in [9.17, 15) is 9.18 Å². The summed E-state index contributed by atoms with van der Waals surface area (Å²) < 4.78 is 12.9. The molecular weight excluding hydrogens is 253 g/mol. The molecule has 0 fully saturated rings. The van der Waals surface area contributed by atoms with Crippen LogP contribution in [0.15, 0.2) is 23.6 Å². The molecule has 1 aromatic heterocycles. The Bertz CT molecular complexity index is 582. The molecule has 0 saturated heterocycles. The number of carbonyl (C=O) groups excluding carboxylic acids is 1. The van der Waals surface area contributed by atoms with Crippen LogP contribution < -0.4 is 11.1 Å².